The molecule has 1 heterocycles. The molecule has 7 heteroatoms. The van der Waals surface area contributed by atoms with Crippen LogP contribution in [0.3, 0.4) is 0 Å². The second kappa shape index (κ2) is 8.37. The number of nitrogens with zero attached hydrogens (tertiary/aromatic N) is 3. The molecule has 1 aromatic heterocycles. The minimum atomic E-state index is -2.72. The number of carbonyl (C=O) groups is 1. The molecule has 0 aliphatic heterocycles. The Bertz CT molecular complexity index is 985. The van der Waals surface area contributed by atoms with Crippen LogP contribution in [-0.2, 0) is 11.3 Å². The number of aryl methyl sites for hydroxylation is 1. The van der Waals surface area contributed by atoms with Gasteiger partial charge in [-0.05, 0) is 43.2 Å². The van der Waals surface area contributed by atoms with E-state index < -0.39 is 6.55 Å². The molecule has 28 heavy (non-hydrogen) atoms. The molecular formula is C21H23F2N3O2. The number of imidazole rings is 1. The number of amides is 1. The highest BCUT2D eigenvalue weighted by Crippen LogP contribution is 2.24. The van der Waals surface area contributed by atoms with E-state index >= 15 is 0 Å². The number of alkyl halides is 2. The molecular weight excluding hydrogens is 364 g/mol. The zero-order valence-electron chi connectivity index (χ0n) is 16.2. The van der Waals surface area contributed by atoms with Crippen LogP contribution in [0.2, 0.25) is 0 Å². The lowest BCUT2D eigenvalue weighted by Gasteiger charge is -2.18. The first-order valence-corrected chi connectivity index (χ1v) is 9.05. The largest absolute Gasteiger partial charge is 0.493 e. The first-order chi connectivity index (χ1) is 13.4. The second-order valence-corrected chi connectivity index (χ2v) is 6.71. The summed E-state index contributed by atoms with van der Waals surface area (Å²) in [4.78, 5) is 18.1. The number of aromatic nitrogens is 2. The monoisotopic (exact) mass is 387 g/mol. The fraction of sp³-hybridized carbons (Fsp3) is 0.333. The first-order valence-electron chi connectivity index (χ1n) is 9.05. The van der Waals surface area contributed by atoms with E-state index in [1.807, 2.05) is 32.0 Å². The van der Waals surface area contributed by atoms with E-state index in [1.165, 1.54) is 4.90 Å². The van der Waals surface area contributed by atoms with Gasteiger partial charge in [0.15, 0.2) is 0 Å². The fourth-order valence-electron chi connectivity index (χ4n) is 3.04. The van der Waals surface area contributed by atoms with Crippen molar-refractivity contribution in [2.24, 2.45) is 0 Å². The summed E-state index contributed by atoms with van der Waals surface area (Å²) >= 11 is 0. The molecule has 0 saturated carbocycles. The fourth-order valence-corrected chi connectivity index (χ4v) is 3.04. The Labute approximate surface area is 162 Å². The maximum absolute atomic E-state index is 13.5. The van der Waals surface area contributed by atoms with Crippen molar-refractivity contribution < 1.29 is 18.3 Å². The van der Waals surface area contributed by atoms with Gasteiger partial charge in [-0.15, -0.1) is 0 Å². The van der Waals surface area contributed by atoms with Gasteiger partial charge in [-0.1, -0.05) is 24.3 Å². The van der Waals surface area contributed by atoms with E-state index in [0.717, 1.165) is 21.4 Å². The summed E-state index contributed by atoms with van der Waals surface area (Å²) in [7, 11) is 1.58. The Balaban J connectivity index is 1.64. The number of hydrogen-bond acceptors (Lipinski definition) is 3. The predicted octanol–water partition coefficient (Wildman–Crippen LogP) is 4.48. The molecule has 0 N–H and O–H groups in total. The van der Waals surface area contributed by atoms with E-state index in [-0.39, 0.29) is 31.3 Å². The standard InChI is InChI=1S/C21H23F2N3O2/c1-14-7-6-10-18(15(14)2)28-12-11-20(27)25(3)13-19-24-16-8-4-5-9-17(16)26(19)21(22)23/h4-10,21H,11-13H2,1-3H3. The molecule has 3 rings (SSSR count). The maximum Gasteiger partial charge on any atom is 0.320 e. The highest BCUT2D eigenvalue weighted by atomic mass is 19.3. The van der Waals surface area contributed by atoms with Gasteiger partial charge in [0.25, 0.3) is 0 Å². The van der Waals surface area contributed by atoms with Crippen LogP contribution in [0.1, 0.15) is 29.9 Å². The lowest BCUT2D eigenvalue weighted by atomic mass is 10.1. The Kier molecular flexibility index (Phi) is 5.92. The molecule has 0 aliphatic rings. The summed E-state index contributed by atoms with van der Waals surface area (Å²) in [6, 6.07) is 12.5. The minimum Gasteiger partial charge on any atom is -0.493 e. The predicted molar refractivity (Wildman–Crippen MR) is 103 cm³/mol. The molecule has 0 spiro atoms. The van der Waals surface area contributed by atoms with Gasteiger partial charge in [-0.2, -0.15) is 8.78 Å². The number of para-hydroxylation sites is 2. The van der Waals surface area contributed by atoms with Crippen molar-refractivity contribution in [3.63, 3.8) is 0 Å². The average Bonchev–Trinajstić information content (AvgIpc) is 3.03. The van der Waals surface area contributed by atoms with Crippen LogP contribution >= 0.6 is 0 Å². The average molecular weight is 387 g/mol. The van der Waals surface area contributed by atoms with Gasteiger partial charge in [0.05, 0.1) is 30.6 Å². The molecule has 148 valence electrons. The molecule has 0 aliphatic carbocycles. The van der Waals surface area contributed by atoms with E-state index in [4.69, 9.17) is 4.74 Å². The van der Waals surface area contributed by atoms with Crippen molar-refractivity contribution in [1.82, 2.24) is 14.5 Å². The van der Waals surface area contributed by atoms with Gasteiger partial charge in [-0.25, -0.2) is 4.98 Å². The van der Waals surface area contributed by atoms with E-state index in [2.05, 4.69) is 4.98 Å². The highest BCUT2D eigenvalue weighted by Gasteiger charge is 2.20. The molecule has 0 radical (unpaired) electrons. The van der Waals surface area contributed by atoms with Crippen molar-refractivity contribution >= 4 is 16.9 Å². The minimum absolute atomic E-state index is 0.00132. The van der Waals surface area contributed by atoms with Crippen LogP contribution in [0.15, 0.2) is 42.5 Å². The molecule has 1 amide bonds. The van der Waals surface area contributed by atoms with E-state index in [9.17, 15) is 13.6 Å². The van der Waals surface area contributed by atoms with Crippen molar-refractivity contribution in [3.8, 4) is 5.75 Å². The summed E-state index contributed by atoms with van der Waals surface area (Å²) in [6.07, 6.45) is 0.152. The van der Waals surface area contributed by atoms with Gasteiger partial charge in [0.1, 0.15) is 11.6 Å². The van der Waals surface area contributed by atoms with E-state index in [0.29, 0.717) is 11.0 Å². The lowest BCUT2D eigenvalue weighted by molar-refractivity contribution is -0.131. The van der Waals surface area contributed by atoms with Crippen molar-refractivity contribution in [3.05, 3.63) is 59.4 Å². The quantitative estimate of drug-likeness (QED) is 0.601. The number of benzene rings is 2. The van der Waals surface area contributed by atoms with Gasteiger partial charge in [-0.3, -0.25) is 9.36 Å². The molecule has 0 bridgehead atoms. The number of ether oxygens (including phenoxy) is 1. The zero-order chi connectivity index (χ0) is 20.3. The summed E-state index contributed by atoms with van der Waals surface area (Å²) in [6.45, 7) is 1.46. The van der Waals surface area contributed by atoms with Crippen molar-refractivity contribution in [2.45, 2.75) is 33.4 Å². The molecule has 0 fully saturated rings. The Morgan fingerprint density at radius 2 is 1.93 bits per heavy atom. The number of carbonyl (C=O) groups excluding carboxylic acids is 1. The number of halogens is 2. The van der Waals surface area contributed by atoms with E-state index in [1.54, 1.807) is 31.3 Å². The van der Waals surface area contributed by atoms with Gasteiger partial charge < -0.3 is 9.64 Å². The van der Waals surface area contributed by atoms with Gasteiger partial charge in [0.2, 0.25) is 5.91 Å². The summed E-state index contributed by atoms with van der Waals surface area (Å²) in [5, 5.41) is 0. The molecule has 0 atom stereocenters. The number of rotatable bonds is 7. The highest BCUT2D eigenvalue weighted by molar-refractivity contribution is 5.77. The van der Waals surface area contributed by atoms with Crippen LogP contribution in [0.4, 0.5) is 8.78 Å². The van der Waals surface area contributed by atoms with Crippen molar-refractivity contribution in [1.29, 1.82) is 0 Å². The third-order valence-electron chi connectivity index (χ3n) is 4.80. The smallest absolute Gasteiger partial charge is 0.320 e. The zero-order valence-corrected chi connectivity index (χ0v) is 16.2. The number of hydrogen-bond donors (Lipinski definition) is 0. The molecule has 0 unspecified atom stereocenters. The molecule has 3 aromatic rings. The van der Waals surface area contributed by atoms with Crippen LogP contribution < -0.4 is 4.74 Å². The molecule has 5 nitrogen and oxygen atoms in total. The molecule has 2 aromatic carbocycles. The summed E-state index contributed by atoms with van der Waals surface area (Å²) in [5.41, 5.74) is 2.99. The van der Waals surface area contributed by atoms with Crippen molar-refractivity contribution in [2.75, 3.05) is 13.7 Å². The van der Waals surface area contributed by atoms with Crippen LogP contribution in [0.5, 0.6) is 5.75 Å². The topological polar surface area (TPSA) is 47.4 Å². The van der Waals surface area contributed by atoms with Crippen LogP contribution in [-0.4, -0.2) is 34.0 Å². The second-order valence-electron chi connectivity index (χ2n) is 6.71. The summed E-state index contributed by atoms with van der Waals surface area (Å²) < 4.78 is 33.6. The Morgan fingerprint density at radius 3 is 2.68 bits per heavy atom. The lowest BCUT2D eigenvalue weighted by Crippen LogP contribution is -2.29. The Morgan fingerprint density at radius 1 is 1.18 bits per heavy atom. The SMILES string of the molecule is Cc1cccc(OCCC(=O)N(C)Cc2nc3ccccc3n2C(F)F)c1C. The normalized spacial score (nSPS) is 11.2. The van der Waals surface area contributed by atoms with Crippen LogP contribution in [0, 0.1) is 13.8 Å². The maximum atomic E-state index is 13.5. The third-order valence-corrected chi connectivity index (χ3v) is 4.80. The third kappa shape index (κ3) is 4.13. The number of fused-ring (bicyclic) bond motifs is 1. The first kappa shape index (κ1) is 19.8. The van der Waals surface area contributed by atoms with Crippen LogP contribution in [0.25, 0.3) is 11.0 Å². The van der Waals surface area contributed by atoms with Gasteiger partial charge in [0, 0.05) is 7.05 Å². The Hall–Kier alpha value is -2.96. The van der Waals surface area contributed by atoms with Gasteiger partial charge >= 0.3 is 6.55 Å². The summed E-state index contributed by atoms with van der Waals surface area (Å²) in [5.74, 6) is 0.704. The molecule has 0 saturated heterocycles.